The fourth-order valence-electron chi connectivity index (χ4n) is 2.82. The number of hydrogen-bond acceptors (Lipinski definition) is 2. The summed E-state index contributed by atoms with van der Waals surface area (Å²) < 4.78 is 43.9. The molecule has 1 N–H and O–H groups in total. The number of hydrogen-bond donors (Lipinski definition) is 1. The molecule has 0 aliphatic rings. The molecule has 0 fully saturated rings. The van der Waals surface area contributed by atoms with Gasteiger partial charge in [0.25, 0.3) is 0 Å². The first kappa shape index (κ1) is 18.2. The maximum absolute atomic E-state index is 13.0. The van der Waals surface area contributed by atoms with Gasteiger partial charge in [0, 0.05) is 0 Å². The van der Waals surface area contributed by atoms with Crippen LogP contribution in [0.3, 0.4) is 0 Å². The summed E-state index contributed by atoms with van der Waals surface area (Å²) >= 11 is 0. The van der Waals surface area contributed by atoms with Gasteiger partial charge in [-0.1, -0.05) is 18.2 Å². The lowest BCUT2D eigenvalue weighted by Crippen LogP contribution is -2.08. The van der Waals surface area contributed by atoms with Gasteiger partial charge in [-0.25, -0.2) is 0 Å². The number of alkyl halides is 3. The van der Waals surface area contributed by atoms with Crippen molar-refractivity contribution < 1.29 is 23.0 Å². The van der Waals surface area contributed by atoms with Gasteiger partial charge in [0.2, 0.25) is 0 Å². The third-order valence-corrected chi connectivity index (χ3v) is 4.05. The Bertz CT molecular complexity index is 698. The molecule has 0 saturated heterocycles. The van der Waals surface area contributed by atoms with Crippen molar-refractivity contribution in [3.05, 3.63) is 58.1 Å². The van der Waals surface area contributed by atoms with Gasteiger partial charge in [0.05, 0.1) is 12.7 Å². The second-order valence-electron chi connectivity index (χ2n) is 5.96. The molecule has 0 heterocycles. The summed E-state index contributed by atoms with van der Waals surface area (Å²) in [5, 5.41) is 9.77. The predicted molar refractivity (Wildman–Crippen MR) is 87.6 cm³/mol. The molecule has 0 amide bonds. The first-order valence-electron chi connectivity index (χ1n) is 7.75. The van der Waals surface area contributed by atoms with Crippen LogP contribution in [0.25, 0.3) is 0 Å². The first-order valence-corrected chi connectivity index (χ1v) is 7.75. The minimum Gasteiger partial charge on any atom is -0.507 e. The SMILES string of the molecule is COc1ccc(CCCc2cc(C)c(O)c(C)c2)cc1C(F)(F)F. The van der Waals surface area contributed by atoms with E-state index in [1.165, 1.54) is 13.2 Å². The second kappa shape index (κ2) is 7.16. The van der Waals surface area contributed by atoms with Crippen LogP contribution in [0.5, 0.6) is 11.5 Å². The third-order valence-electron chi connectivity index (χ3n) is 4.05. The lowest BCUT2D eigenvalue weighted by atomic mass is 9.99. The molecule has 2 aromatic rings. The van der Waals surface area contributed by atoms with Gasteiger partial charge < -0.3 is 9.84 Å². The van der Waals surface area contributed by atoms with Crippen LogP contribution in [0, 0.1) is 13.8 Å². The van der Waals surface area contributed by atoms with E-state index in [-0.39, 0.29) is 5.75 Å². The summed E-state index contributed by atoms with van der Waals surface area (Å²) in [4.78, 5) is 0. The molecule has 130 valence electrons. The molecule has 0 atom stereocenters. The minimum atomic E-state index is -4.42. The Labute approximate surface area is 139 Å². The molecule has 2 nitrogen and oxygen atoms in total. The van der Waals surface area contributed by atoms with Crippen LogP contribution < -0.4 is 4.74 Å². The number of methoxy groups -OCH3 is 1. The summed E-state index contributed by atoms with van der Waals surface area (Å²) in [6.45, 7) is 3.68. The number of phenols is 1. The van der Waals surface area contributed by atoms with Gasteiger partial charge in [-0.15, -0.1) is 0 Å². The van der Waals surface area contributed by atoms with Crippen LogP contribution in [0.15, 0.2) is 30.3 Å². The molecule has 2 aromatic carbocycles. The Morgan fingerprint density at radius 3 is 2.08 bits per heavy atom. The number of phenolic OH excluding ortho intramolecular Hbond substituents is 1. The molecular weight excluding hydrogens is 317 g/mol. The number of ether oxygens (including phenoxy) is 1. The van der Waals surface area contributed by atoms with Crippen molar-refractivity contribution in [3.8, 4) is 11.5 Å². The van der Waals surface area contributed by atoms with Crippen molar-refractivity contribution in [2.24, 2.45) is 0 Å². The zero-order valence-electron chi connectivity index (χ0n) is 14.0. The number of halogens is 3. The predicted octanol–water partition coefficient (Wildman–Crippen LogP) is 5.21. The van der Waals surface area contributed by atoms with Gasteiger partial charge in [0.15, 0.2) is 0 Å². The fourth-order valence-corrected chi connectivity index (χ4v) is 2.82. The highest BCUT2D eigenvalue weighted by Gasteiger charge is 2.34. The molecule has 2 rings (SSSR count). The summed E-state index contributed by atoms with van der Waals surface area (Å²) in [6.07, 6.45) is -2.40. The highest BCUT2D eigenvalue weighted by Crippen LogP contribution is 2.36. The van der Waals surface area contributed by atoms with Crippen LogP contribution in [-0.4, -0.2) is 12.2 Å². The third kappa shape index (κ3) is 4.22. The monoisotopic (exact) mass is 338 g/mol. The molecule has 24 heavy (non-hydrogen) atoms. The topological polar surface area (TPSA) is 29.5 Å². The molecule has 0 bridgehead atoms. The Balaban J connectivity index is 2.07. The molecular formula is C19H21F3O2. The summed E-state index contributed by atoms with van der Waals surface area (Å²) in [5.74, 6) is 0.139. The molecule has 0 aliphatic carbocycles. The molecule has 0 spiro atoms. The molecule has 0 aliphatic heterocycles. The summed E-state index contributed by atoms with van der Waals surface area (Å²) in [5.41, 5.74) is 2.60. The van der Waals surface area contributed by atoms with E-state index in [0.29, 0.717) is 17.7 Å². The van der Waals surface area contributed by atoms with Gasteiger partial charge >= 0.3 is 6.18 Å². The van der Waals surface area contributed by atoms with E-state index in [4.69, 9.17) is 4.74 Å². The Morgan fingerprint density at radius 2 is 1.54 bits per heavy atom. The second-order valence-corrected chi connectivity index (χ2v) is 5.96. The highest BCUT2D eigenvalue weighted by molar-refractivity contribution is 5.42. The van der Waals surface area contributed by atoms with Crippen molar-refractivity contribution in [1.29, 1.82) is 0 Å². The lowest BCUT2D eigenvalue weighted by Gasteiger charge is -2.13. The minimum absolute atomic E-state index is 0.156. The van der Waals surface area contributed by atoms with Crippen molar-refractivity contribution in [2.45, 2.75) is 39.3 Å². The molecule has 0 saturated carbocycles. The zero-order valence-corrected chi connectivity index (χ0v) is 14.0. The van der Waals surface area contributed by atoms with Crippen molar-refractivity contribution in [2.75, 3.05) is 7.11 Å². The van der Waals surface area contributed by atoms with Crippen LogP contribution in [-0.2, 0) is 19.0 Å². The van der Waals surface area contributed by atoms with E-state index in [1.54, 1.807) is 6.07 Å². The Morgan fingerprint density at radius 1 is 0.958 bits per heavy atom. The standard InChI is InChI=1S/C19H21F3O2/c1-12-9-15(10-13(2)18(12)23)6-4-5-14-7-8-17(24-3)16(11-14)19(20,21)22/h7-11,23H,4-6H2,1-3H3. The average molecular weight is 338 g/mol. The zero-order chi connectivity index (χ0) is 17.9. The van der Waals surface area contributed by atoms with Gasteiger partial charge in [0.1, 0.15) is 11.5 Å². The van der Waals surface area contributed by atoms with Crippen LogP contribution in [0.4, 0.5) is 13.2 Å². The number of benzene rings is 2. The lowest BCUT2D eigenvalue weighted by molar-refractivity contribution is -0.138. The van der Waals surface area contributed by atoms with Gasteiger partial charge in [-0.2, -0.15) is 13.2 Å². The number of rotatable bonds is 5. The molecule has 0 radical (unpaired) electrons. The number of aryl methyl sites for hydroxylation is 4. The van der Waals surface area contributed by atoms with Crippen LogP contribution in [0.2, 0.25) is 0 Å². The van der Waals surface area contributed by atoms with Crippen molar-refractivity contribution in [3.63, 3.8) is 0 Å². The Kier molecular flexibility index (Phi) is 5.42. The van der Waals surface area contributed by atoms with Crippen molar-refractivity contribution in [1.82, 2.24) is 0 Å². The van der Waals surface area contributed by atoms with E-state index in [1.807, 2.05) is 26.0 Å². The molecule has 5 heteroatoms. The van der Waals surface area contributed by atoms with Crippen LogP contribution >= 0.6 is 0 Å². The van der Waals surface area contributed by atoms with E-state index in [0.717, 1.165) is 35.6 Å². The fraction of sp³-hybridized carbons (Fsp3) is 0.368. The summed E-state index contributed by atoms with van der Waals surface area (Å²) in [7, 11) is 1.24. The molecule has 0 unspecified atom stereocenters. The van der Waals surface area contributed by atoms with Gasteiger partial charge in [-0.3, -0.25) is 0 Å². The first-order chi connectivity index (χ1) is 11.2. The van der Waals surface area contributed by atoms with E-state index < -0.39 is 11.7 Å². The van der Waals surface area contributed by atoms with Crippen molar-refractivity contribution >= 4 is 0 Å². The largest absolute Gasteiger partial charge is 0.507 e. The van der Waals surface area contributed by atoms with E-state index >= 15 is 0 Å². The average Bonchev–Trinajstić information content (AvgIpc) is 2.51. The van der Waals surface area contributed by atoms with Gasteiger partial charge in [-0.05, 0) is 67.5 Å². The maximum atomic E-state index is 13.0. The Hall–Kier alpha value is -2.17. The van der Waals surface area contributed by atoms with Crippen LogP contribution in [0.1, 0.15) is 34.2 Å². The molecule has 0 aromatic heterocycles. The number of aromatic hydroxyl groups is 1. The highest BCUT2D eigenvalue weighted by atomic mass is 19.4. The maximum Gasteiger partial charge on any atom is 0.419 e. The van der Waals surface area contributed by atoms with E-state index in [9.17, 15) is 18.3 Å². The normalized spacial score (nSPS) is 11.6. The smallest absolute Gasteiger partial charge is 0.419 e. The van der Waals surface area contributed by atoms with E-state index in [2.05, 4.69) is 0 Å². The quantitative estimate of drug-likeness (QED) is 0.811. The summed E-state index contributed by atoms with van der Waals surface area (Å²) in [6, 6.07) is 8.02.